The van der Waals surface area contributed by atoms with Crippen molar-refractivity contribution in [1.82, 2.24) is 9.62 Å². The summed E-state index contributed by atoms with van der Waals surface area (Å²) in [6, 6.07) is 6.32. The molecule has 0 saturated carbocycles. The Kier molecular flexibility index (Phi) is 4.45. The van der Waals surface area contributed by atoms with Crippen LogP contribution in [0.5, 0.6) is 0 Å². The van der Waals surface area contributed by atoms with Crippen LogP contribution in [0.4, 0.5) is 0 Å². The fraction of sp³-hybridized carbons (Fsp3) is 0.500. The van der Waals surface area contributed by atoms with Crippen molar-refractivity contribution in [2.24, 2.45) is 0 Å². The molecule has 0 spiro atoms. The number of amides is 1. The first kappa shape index (κ1) is 15.0. The smallest absolute Gasteiger partial charge is 0.243 e. The number of aryl methyl sites for hydroxylation is 1. The van der Waals surface area contributed by atoms with E-state index in [0.29, 0.717) is 19.5 Å². The van der Waals surface area contributed by atoms with Gasteiger partial charge in [-0.1, -0.05) is 26.0 Å². The fourth-order valence-corrected chi connectivity index (χ4v) is 4.16. The average molecular weight is 296 g/mol. The number of benzene rings is 1. The van der Waals surface area contributed by atoms with Gasteiger partial charge >= 0.3 is 0 Å². The number of rotatable bonds is 4. The van der Waals surface area contributed by atoms with E-state index in [4.69, 9.17) is 0 Å². The minimum absolute atomic E-state index is 0.214. The largest absolute Gasteiger partial charge is 0.353 e. The Bertz CT molecular complexity index is 598. The maximum Gasteiger partial charge on any atom is 0.243 e. The van der Waals surface area contributed by atoms with E-state index in [2.05, 4.69) is 5.32 Å². The van der Waals surface area contributed by atoms with Crippen LogP contribution in [-0.4, -0.2) is 37.8 Å². The molecule has 6 heteroatoms. The molecule has 1 N–H and O–H groups in total. The second-order valence-corrected chi connectivity index (χ2v) is 6.72. The molecule has 1 aliphatic heterocycles. The summed E-state index contributed by atoms with van der Waals surface area (Å²) in [5.41, 5.74) is 0.973. The molecule has 1 unspecified atom stereocenters. The third-order valence-electron chi connectivity index (χ3n) is 3.58. The Hall–Kier alpha value is -1.40. The maximum absolute atomic E-state index is 12.7. The number of hydrogen-bond donors (Lipinski definition) is 1. The minimum atomic E-state index is -3.62. The number of carbonyl (C=O) groups is 1. The molecule has 20 heavy (non-hydrogen) atoms. The molecule has 0 aliphatic carbocycles. The molecule has 1 aliphatic rings. The van der Waals surface area contributed by atoms with Gasteiger partial charge in [-0.15, -0.1) is 0 Å². The topological polar surface area (TPSA) is 66.5 Å². The van der Waals surface area contributed by atoms with Crippen LogP contribution in [0.25, 0.3) is 0 Å². The van der Waals surface area contributed by atoms with Crippen LogP contribution >= 0.6 is 0 Å². The highest BCUT2D eigenvalue weighted by molar-refractivity contribution is 7.89. The number of nitrogens with zero attached hydrogens (tertiary/aromatic N) is 1. The van der Waals surface area contributed by atoms with E-state index >= 15 is 0 Å². The predicted molar refractivity (Wildman–Crippen MR) is 76.8 cm³/mol. The first-order chi connectivity index (χ1) is 9.50. The monoisotopic (exact) mass is 296 g/mol. The number of nitrogens with one attached hydrogen (secondary N) is 1. The standard InChI is InChI=1S/C14H20N2O3S/c1-3-11-6-5-7-12(10-11)20(18,19)16-9-8-15-14(17)13(16)4-2/h5-7,10,13H,3-4,8-9H2,1-2H3,(H,15,17). The lowest BCUT2D eigenvalue weighted by molar-refractivity contribution is -0.126. The molecule has 1 aromatic rings. The lowest BCUT2D eigenvalue weighted by atomic mass is 10.2. The number of sulfonamides is 1. The van der Waals surface area contributed by atoms with E-state index in [-0.39, 0.29) is 10.8 Å². The SMILES string of the molecule is CCc1cccc(S(=O)(=O)N2CCNC(=O)C2CC)c1. The highest BCUT2D eigenvalue weighted by atomic mass is 32.2. The van der Waals surface area contributed by atoms with Crippen LogP contribution in [0.3, 0.4) is 0 Å². The van der Waals surface area contributed by atoms with E-state index in [9.17, 15) is 13.2 Å². The molecule has 5 nitrogen and oxygen atoms in total. The van der Waals surface area contributed by atoms with Gasteiger partial charge in [-0.3, -0.25) is 4.79 Å². The van der Waals surface area contributed by atoms with Crippen LogP contribution < -0.4 is 5.32 Å². The van der Waals surface area contributed by atoms with E-state index in [1.54, 1.807) is 18.2 Å². The molecular weight excluding hydrogens is 276 g/mol. The number of hydrogen-bond acceptors (Lipinski definition) is 3. The van der Waals surface area contributed by atoms with E-state index in [0.717, 1.165) is 12.0 Å². The zero-order valence-corrected chi connectivity index (χ0v) is 12.6. The van der Waals surface area contributed by atoms with Crippen molar-refractivity contribution in [3.8, 4) is 0 Å². The highest BCUT2D eigenvalue weighted by Gasteiger charge is 2.37. The predicted octanol–water partition coefficient (Wildman–Crippen LogP) is 1.15. The van der Waals surface area contributed by atoms with Crippen molar-refractivity contribution in [2.75, 3.05) is 13.1 Å². The molecule has 0 bridgehead atoms. The van der Waals surface area contributed by atoms with Crippen molar-refractivity contribution >= 4 is 15.9 Å². The fourth-order valence-electron chi connectivity index (χ4n) is 2.43. The summed E-state index contributed by atoms with van der Waals surface area (Å²) in [7, 11) is -3.62. The highest BCUT2D eigenvalue weighted by Crippen LogP contribution is 2.22. The van der Waals surface area contributed by atoms with E-state index in [1.807, 2.05) is 19.9 Å². The van der Waals surface area contributed by atoms with Gasteiger partial charge in [0.15, 0.2) is 0 Å². The van der Waals surface area contributed by atoms with Crippen molar-refractivity contribution in [3.05, 3.63) is 29.8 Å². The van der Waals surface area contributed by atoms with Crippen LogP contribution in [0.2, 0.25) is 0 Å². The Labute approximate surface area is 120 Å². The van der Waals surface area contributed by atoms with Crippen LogP contribution in [0.1, 0.15) is 25.8 Å². The number of piperazine rings is 1. The van der Waals surface area contributed by atoms with Gasteiger partial charge in [0.25, 0.3) is 0 Å². The van der Waals surface area contributed by atoms with Gasteiger partial charge in [0.2, 0.25) is 15.9 Å². The lowest BCUT2D eigenvalue weighted by Gasteiger charge is -2.33. The van der Waals surface area contributed by atoms with Gasteiger partial charge in [0, 0.05) is 13.1 Å². The number of carbonyl (C=O) groups excluding carboxylic acids is 1. The molecule has 1 aromatic carbocycles. The molecule has 1 atom stereocenters. The summed E-state index contributed by atoms with van der Waals surface area (Å²) in [4.78, 5) is 12.1. The summed E-state index contributed by atoms with van der Waals surface area (Å²) in [5, 5.41) is 2.71. The van der Waals surface area contributed by atoms with Crippen molar-refractivity contribution in [1.29, 1.82) is 0 Å². The first-order valence-electron chi connectivity index (χ1n) is 6.89. The lowest BCUT2D eigenvalue weighted by Crippen LogP contribution is -2.56. The zero-order chi connectivity index (χ0) is 14.8. The van der Waals surface area contributed by atoms with Gasteiger partial charge in [-0.25, -0.2) is 8.42 Å². The Morgan fingerprint density at radius 1 is 1.35 bits per heavy atom. The molecule has 0 radical (unpaired) electrons. The van der Waals surface area contributed by atoms with Gasteiger partial charge in [0.1, 0.15) is 6.04 Å². The Morgan fingerprint density at radius 3 is 2.75 bits per heavy atom. The van der Waals surface area contributed by atoms with Crippen molar-refractivity contribution < 1.29 is 13.2 Å². The van der Waals surface area contributed by atoms with Crippen LogP contribution in [0, 0.1) is 0 Å². The van der Waals surface area contributed by atoms with Crippen LogP contribution in [-0.2, 0) is 21.2 Å². The summed E-state index contributed by atoms with van der Waals surface area (Å²) in [6.07, 6.45) is 1.25. The van der Waals surface area contributed by atoms with Gasteiger partial charge in [0.05, 0.1) is 4.90 Å². The summed E-state index contributed by atoms with van der Waals surface area (Å²) in [5.74, 6) is -0.214. The summed E-state index contributed by atoms with van der Waals surface area (Å²) in [6.45, 7) is 4.49. The third kappa shape index (κ3) is 2.71. The second-order valence-electron chi connectivity index (χ2n) is 4.83. The van der Waals surface area contributed by atoms with Crippen molar-refractivity contribution in [3.63, 3.8) is 0 Å². The van der Waals surface area contributed by atoms with E-state index < -0.39 is 16.1 Å². The molecule has 1 fully saturated rings. The molecule has 1 heterocycles. The molecule has 110 valence electrons. The van der Waals surface area contributed by atoms with Gasteiger partial charge in [-0.05, 0) is 30.5 Å². The molecule has 1 amide bonds. The van der Waals surface area contributed by atoms with Gasteiger partial charge < -0.3 is 5.32 Å². The van der Waals surface area contributed by atoms with Crippen molar-refractivity contribution in [2.45, 2.75) is 37.6 Å². The summed E-state index contributed by atoms with van der Waals surface area (Å²) >= 11 is 0. The third-order valence-corrected chi connectivity index (χ3v) is 5.49. The first-order valence-corrected chi connectivity index (χ1v) is 8.33. The molecular formula is C14H20N2O3S. The van der Waals surface area contributed by atoms with Crippen LogP contribution in [0.15, 0.2) is 29.2 Å². The molecule has 0 aromatic heterocycles. The Morgan fingerprint density at radius 2 is 2.10 bits per heavy atom. The zero-order valence-electron chi connectivity index (χ0n) is 11.8. The minimum Gasteiger partial charge on any atom is -0.353 e. The second kappa shape index (κ2) is 5.93. The average Bonchev–Trinajstić information content (AvgIpc) is 2.47. The summed E-state index contributed by atoms with van der Waals surface area (Å²) < 4.78 is 26.8. The molecule has 2 rings (SSSR count). The quantitative estimate of drug-likeness (QED) is 0.906. The maximum atomic E-state index is 12.7. The van der Waals surface area contributed by atoms with E-state index in [1.165, 1.54) is 4.31 Å². The molecule has 1 saturated heterocycles. The Balaban J connectivity index is 2.40. The normalized spacial score (nSPS) is 20.7. The van der Waals surface area contributed by atoms with Gasteiger partial charge in [-0.2, -0.15) is 4.31 Å².